The number of benzene rings is 2. The Hall–Kier alpha value is -3.67. The van der Waals surface area contributed by atoms with Crippen molar-refractivity contribution in [3.8, 4) is 0 Å². The van der Waals surface area contributed by atoms with E-state index >= 15 is 0 Å². The van der Waals surface area contributed by atoms with Gasteiger partial charge in [0.2, 0.25) is 0 Å². The molecule has 6 heteroatoms. The van der Waals surface area contributed by atoms with Gasteiger partial charge in [0.05, 0.1) is 5.56 Å². The van der Waals surface area contributed by atoms with Gasteiger partial charge in [-0.3, -0.25) is 15.1 Å². The second-order valence-corrected chi connectivity index (χ2v) is 6.83. The third kappa shape index (κ3) is 4.43. The number of carbonyl (C=O) groups excluding carboxylic acids is 2. The molecule has 1 aromatic heterocycles. The number of pyridine rings is 1. The summed E-state index contributed by atoms with van der Waals surface area (Å²) < 4.78 is 5.27. The number of fused-ring (bicyclic) bond motifs is 1. The van der Waals surface area contributed by atoms with Crippen LogP contribution in [0.2, 0.25) is 0 Å². The van der Waals surface area contributed by atoms with Crippen molar-refractivity contribution in [3.05, 3.63) is 89.7 Å². The lowest BCUT2D eigenvalue weighted by Gasteiger charge is -2.30. The topological polar surface area (TPSA) is 71.5 Å². The van der Waals surface area contributed by atoms with Crippen LogP contribution in [-0.2, 0) is 17.8 Å². The van der Waals surface area contributed by atoms with Crippen LogP contribution in [0.15, 0.2) is 73.1 Å². The molecule has 2 heterocycles. The summed E-state index contributed by atoms with van der Waals surface area (Å²) >= 11 is 0. The molecule has 0 bridgehead atoms. The minimum absolute atomic E-state index is 0.0676. The molecule has 0 radical (unpaired) electrons. The monoisotopic (exact) mass is 387 g/mol. The van der Waals surface area contributed by atoms with E-state index in [0.717, 1.165) is 29.7 Å². The standard InChI is InChI=1S/C23H21N3O3/c27-22(19-8-4-12-24-15-19)26-13-5-9-18-14-20(10-11-21(18)26)25-23(28)29-16-17-6-2-1-3-7-17/h1-4,6-8,10-12,14-15H,5,9,13,16H2,(H,25,28). The first-order valence-electron chi connectivity index (χ1n) is 9.53. The number of amides is 2. The Labute approximate surface area is 169 Å². The number of nitrogens with one attached hydrogen (secondary N) is 1. The van der Waals surface area contributed by atoms with Gasteiger partial charge in [0.25, 0.3) is 5.91 Å². The maximum Gasteiger partial charge on any atom is 0.411 e. The molecule has 0 aliphatic carbocycles. The molecule has 146 valence electrons. The van der Waals surface area contributed by atoms with Gasteiger partial charge < -0.3 is 9.64 Å². The lowest BCUT2D eigenvalue weighted by molar-refractivity contribution is 0.0984. The molecule has 2 amide bonds. The summed E-state index contributed by atoms with van der Waals surface area (Å²) in [6.07, 6.45) is 4.43. The van der Waals surface area contributed by atoms with E-state index in [1.54, 1.807) is 35.5 Å². The molecule has 0 atom stereocenters. The van der Waals surface area contributed by atoms with Gasteiger partial charge in [0, 0.05) is 30.3 Å². The van der Waals surface area contributed by atoms with E-state index in [4.69, 9.17) is 4.74 Å². The Morgan fingerprint density at radius 1 is 1.07 bits per heavy atom. The molecule has 0 unspecified atom stereocenters. The van der Waals surface area contributed by atoms with Crippen LogP contribution < -0.4 is 10.2 Å². The molecule has 29 heavy (non-hydrogen) atoms. The highest BCUT2D eigenvalue weighted by atomic mass is 16.5. The van der Waals surface area contributed by atoms with Gasteiger partial charge in [-0.2, -0.15) is 0 Å². The number of aromatic nitrogens is 1. The van der Waals surface area contributed by atoms with E-state index in [1.165, 1.54) is 0 Å². The lowest BCUT2D eigenvalue weighted by Crippen LogP contribution is -2.35. The van der Waals surface area contributed by atoms with Gasteiger partial charge in [-0.25, -0.2) is 4.79 Å². The van der Waals surface area contributed by atoms with Crippen LogP contribution in [0.25, 0.3) is 0 Å². The number of nitrogens with zero attached hydrogens (tertiary/aromatic N) is 2. The smallest absolute Gasteiger partial charge is 0.411 e. The van der Waals surface area contributed by atoms with Crippen LogP contribution in [0, 0.1) is 0 Å². The molecule has 4 rings (SSSR count). The molecular formula is C23H21N3O3. The molecule has 1 aliphatic heterocycles. The zero-order valence-electron chi connectivity index (χ0n) is 15.9. The van der Waals surface area contributed by atoms with E-state index in [0.29, 0.717) is 17.8 Å². The highest BCUT2D eigenvalue weighted by molar-refractivity contribution is 6.06. The average Bonchev–Trinajstić information content (AvgIpc) is 2.78. The van der Waals surface area contributed by atoms with Crippen molar-refractivity contribution in [2.24, 2.45) is 0 Å². The molecular weight excluding hydrogens is 366 g/mol. The summed E-state index contributed by atoms with van der Waals surface area (Å²) in [5.41, 5.74) is 4.03. The van der Waals surface area contributed by atoms with E-state index in [9.17, 15) is 9.59 Å². The second kappa shape index (κ2) is 8.56. The fourth-order valence-corrected chi connectivity index (χ4v) is 3.41. The van der Waals surface area contributed by atoms with Gasteiger partial charge in [0.1, 0.15) is 6.61 Å². The largest absolute Gasteiger partial charge is 0.444 e. The van der Waals surface area contributed by atoms with Gasteiger partial charge in [-0.15, -0.1) is 0 Å². The Morgan fingerprint density at radius 3 is 2.72 bits per heavy atom. The third-order valence-electron chi connectivity index (χ3n) is 4.81. The zero-order valence-corrected chi connectivity index (χ0v) is 15.9. The van der Waals surface area contributed by atoms with Gasteiger partial charge >= 0.3 is 6.09 Å². The SMILES string of the molecule is O=C(Nc1ccc2c(c1)CCCN2C(=O)c1cccnc1)OCc1ccccc1. The number of hydrogen-bond donors (Lipinski definition) is 1. The van der Waals surface area contributed by atoms with Crippen molar-refractivity contribution < 1.29 is 14.3 Å². The summed E-state index contributed by atoms with van der Waals surface area (Å²) in [6.45, 7) is 0.873. The predicted molar refractivity (Wildman–Crippen MR) is 111 cm³/mol. The fourth-order valence-electron chi connectivity index (χ4n) is 3.41. The highest BCUT2D eigenvalue weighted by Gasteiger charge is 2.24. The normalized spacial score (nSPS) is 12.8. The minimum Gasteiger partial charge on any atom is -0.444 e. The molecule has 1 aliphatic rings. The summed E-state index contributed by atoms with van der Waals surface area (Å²) in [7, 11) is 0. The molecule has 6 nitrogen and oxygen atoms in total. The molecule has 0 saturated heterocycles. The molecule has 2 aromatic carbocycles. The molecule has 0 saturated carbocycles. The molecule has 0 fully saturated rings. The van der Waals surface area contributed by atoms with Crippen molar-refractivity contribution >= 4 is 23.4 Å². The lowest BCUT2D eigenvalue weighted by atomic mass is 10.00. The van der Waals surface area contributed by atoms with Crippen LogP contribution >= 0.6 is 0 Å². The van der Waals surface area contributed by atoms with E-state index in [2.05, 4.69) is 10.3 Å². The molecule has 0 spiro atoms. The van der Waals surface area contributed by atoms with Crippen molar-refractivity contribution in [2.75, 3.05) is 16.8 Å². The summed E-state index contributed by atoms with van der Waals surface area (Å²) in [5, 5.41) is 2.76. The molecule has 1 N–H and O–H groups in total. The number of aryl methyl sites for hydroxylation is 1. The Balaban J connectivity index is 1.44. The highest BCUT2D eigenvalue weighted by Crippen LogP contribution is 2.30. The number of carbonyl (C=O) groups is 2. The van der Waals surface area contributed by atoms with Crippen LogP contribution in [-0.4, -0.2) is 23.5 Å². The van der Waals surface area contributed by atoms with Crippen molar-refractivity contribution in [2.45, 2.75) is 19.4 Å². The predicted octanol–water partition coefficient (Wildman–Crippen LogP) is 4.42. The Morgan fingerprint density at radius 2 is 1.93 bits per heavy atom. The Bertz CT molecular complexity index is 1010. The van der Waals surface area contributed by atoms with Crippen LogP contribution in [0.1, 0.15) is 27.9 Å². The minimum atomic E-state index is -0.507. The maximum atomic E-state index is 12.8. The van der Waals surface area contributed by atoms with Crippen LogP contribution in [0.3, 0.4) is 0 Å². The average molecular weight is 387 g/mol. The van der Waals surface area contributed by atoms with E-state index in [-0.39, 0.29) is 12.5 Å². The van der Waals surface area contributed by atoms with Gasteiger partial charge in [0.15, 0.2) is 0 Å². The first-order chi connectivity index (χ1) is 14.2. The quantitative estimate of drug-likeness (QED) is 0.719. The van der Waals surface area contributed by atoms with Crippen LogP contribution in [0.4, 0.5) is 16.2 Å². The van der Waals surface area contributed by atoms with Crippen molar-refractivity contribution in [1.82, 2.24) is 4.98 Å². The molecule has 3 aromatic rings. The third-order valence-corrected chi connectivity index (χ3v) is 4.81. The Kier molecular flexibility index (Phi) is 5.52. The summed E-state index contributed by atoms with van der Waals surface area (Å²) in [4.78, 5) is 30.8. The first-order valence-corrected chi connectivity index (χ1v) is 9.53. The number of anilines is 2. The van der Waals surface area contributed by atoms with Crippen molar-refractivity contribution in [3.63, 3.8) is 0 Å². The van der Waals surface area contributed by atoms with E-state index in [1.807, 2.05) is 42.5 Å². The van der Waals surface area contributed by atoms with Crippen LogP contribution in [0.5, 0.6) is 0 Å². The summed E-state index contributed by atoms with van der Waals surface area (Å²) in [5.74, 6) is -0.0676. The number of rotatable bonds is 4. The number of hydrogen-bond acceptors (Lipinski definition) is 4. The fraction of sp³-hybridized carbons (Fsp3) is 0.174. The van der Waals surface area contributed by atoms with Gasteiger partial charge in [-0.1, -0.05) is 30.3 Å². The number of ether oxygens (including phenoxy) is 1. The summed E-state index contributed by atoms with van der Waals surface area (Å²) in [6, 6.07) is 18.6. The zero-order chi connectivity index (χ0) is 20.1. The van der Waals surface area contributed by atoms with E-state index < -0.39 is 6.09 Å². The van der Waals surface area contributed by atoms with Crippen molar-refractivity contribution in [1.29, 1.82) is 0 Å². The first kappa shape index (κ1) is 18.7. The maximum absolute atomic E-state index is 12.8. The second-order valence-electron chi connectivity index (χ2n) is 6.83. The van der Waals surface area contributed by atoms with Gasteiger partial charge in [-0.05, 0) is 54.3 Å².